The Bertz CT molecular complexity index is 690. The number of hydrogen-bond acceptors (Lipinski definition) is 3. The molecule has 1 amide bonds. The first-order chi connectivity index (χ1) is 9.89. The first-order valence-electron chi connectivity index (χ1n) is 6.48. The van der Waals surface area contributed by atoms with Gasteiger partial charge in [0.05, 0.1) is 23.7 Å². The molecule has 0 saturated heterocycles. The molecule has 0 aliphatic heterocycles. The molecule has 1 aliphatic rings. The van der Waals surface area contributed by atoms with E-state index in [0.717, 1.165) is 0 Å². The van der Waals surface area contributed by atoms with E-state index in [4.69, 9.17) is 0 Å². The van der Waals surface area contributed by atoms with E-state index < -0.39 is 24.0 Å². The van der Waals surface area contributed by atoms with E-state index in [-0.39, 0.29) is 5.56 Å². The normalized spacial score (nSPS) is 16.7. The molecule has 1 N–H and O–H groups in total. The first-order valence-corrected chi connectivity index (χ1v) is 6.48. The number of alkyl halides is 3. The van der Waals surface area contributed by atoms with Gasteiger partial charge in [0, 0.05) is 10.9 Å². The van der Waals surface area contributed by atoms with Gasteiger partial charge in [-0.25, -0.2) is 0 Å². The number of carbonyl (C=O) groups is 1. The molecule has 1 aliphatic carbocycles. The van der Waals surface area contributed by atoms with Gasteiger partial charge in [0.25, 0.3) is 5.91 Å². The number of nitrogens with zero attached hydrogens (tertiary/aromatic N) is 2. The monoisotopic (exact) mass is 295 g/mol. The van der Waals surface area contributed by atoms with Crippen LogP contribution in [0.2, 0.25) is 0 Å². The molecule has 0 bridgehead atoms. The standard InChI is InChI=1S/C14H12F3N3O/c15-14(16,17)8-13(5-6-13)19-12(21)10-7-18-20-11-4-2-1-3-9(10)11/h1-4,7H,5-6,8H2,(H,19,21). The second-order valence-electron chi connectivity index (χ2n) is 5.30. The van der Waals surface area contributed by atoms with Crippen molar-refractivity contribution in [1.29, 1.82) is 0 Å². The van der Waals surface area contributed by atoms with Crippen molar-refractivity contribution in [3.05, 3.63) is 36.0 Å². The predicted molar refractivity (Wildman–Crippen MR) is 69.6 cm³/mol. The van der Waals surface area contributed by atoms with E-state index in [2.05, 4.69) is 15.5 Å². The molecule has 0 atom stereocenters. The number of carbonyl (C=O) groups excluding carboxylic acids is 1. The summed E-state index contributed by atoms with van der Waals surface area (Å²) in [6, 6.07) is 6.89. The number of fused-ring (bicyclic) bond motifs is 1. The summed E-state index contributed by atoms with van der Waals surface area (Å²) in [4.78, 5) is 12.3. The zero-order chi connectivity index (χ0) is 15.1. The number of rotatable bonds is 3. The van der Waals surface area contributed by atoms with Crippen molar-refractivity contribution in [2.45, 2.75) is 31.0 Å². The third-order valence-electron chi connectivity index (χ3n) is 3.56. The van der Waals surface area contributed by atoms with Crippen LogP contribution in [0.4, 0.5) is 13.2 Å². The van der Waals surface area contributed by atoms with E-state index in [9.17, 15) is 18.0 Å². The number of benzene rings is 1. The molecule has 4 nitrogen and oxygen atoms in total. The average Bonchev–Trinajstić information content (AvgIpc) is 3.14. The molecule has 0 spiro atoms. The van der Waals surface area contributed by atoms with Crippen LogP contribution in [0.1, 0.15) is 29.6 Å². The van der Waals surface area contributed by atoms with Crippen LogP contribution in [0.15, 0.2) is 30.5 Å². The summed E-state index contributed by atoms with van der Waals surface area (Å²) in [5.41, 5.74) is -0.375. The summed E-state index contributed by atoms with van der Waals surface area (Å²) in [6.45, 7) is 0. The molecular weight excluding hydrogens is 283 g/mol. The highest BCUT2D eigenvalue weighted by Gasteiger charge is 2.51. The lowest BCUT2D eigenvalue weighted by Gasteiger charge is -2.19. The van der Waals surface area contributed by atoms with Crippen molar-refractivity contribution in [2.75, 3.05) is 0 Å². The minimum absolute atomic E-state index is 0.244. The minimum Gasteiger partial charge on any atom is -0.346 e. The number of aromatic nitrogens is 2. The Morgan fingerprint density at radius 1 is 1.29 bits per heavy atom. The molecule has 21 heavy (non-hydrogen) atoms. The van der Waals surface area contributed by atoms with E-state index in [0.29, 0.717) is 23.7 Å². The van der Waals surface area contributed by atoms with E-state index in [1.807, 2.05) is 0 Å². The van der Waals surface area contributed by atoms with Crippen molar-refractivity contribution in [2.24, 2.45) is 0 Å². The largest absolute Gasteiger partial charge is 0.391 e. The highest BCUT2D eigenvalue weighted by Crippen LogP contribution is 2.44. The van der Waals surface area contributed by atoms with Crippen molar-refractivity contribution < 1.29 is 18.0 Å². The third kappa shape index (κ3) is 2.96. The highest BCUT2D eigenvalue weighted by molar-refractivity contribution is 6.05. The molecule has 0 radical (unpaired) electrons. The fraction of sp³-hybridized carbons (Fsp3) is 0.357. The fourth-order valence-corrected chi connectivity index (χ4v) is 2.38. The Morgan fingerprint density at radius 2 is 2.00 bits per heavy atom. The van der Waals surface area contributed by atoms with Gasteiger partial charge >= 0.3 is 6.18 Å². The van der Waals surface area contributed by atoms with Gasteiger partial charge in [0.15, 0.2) is 0 Å². The van der Waals surface area contributed by atoms with Gasteiger partial charge < -0.3 is 5.32 Å². The Morgan fingerprint density at radius 3 is 2.67 bits per heavy atom. The molecular formula is C14H12F3N3O. The van der Waals surface area contributed by atoms with Crippen LogP contribution >= 0.6 is 0 Å². The lowest BCUT2D eigenvalue weighted by Crippen LogP contribution is -2.40. The Kier molecular flexibility index (Phi) is 3.07. The molecule has 1 fully saturated rings. The van der Waals surface area contributed by atoms with Crippen LogP contribution < -0.4 is 5.32 Å². The maximum atomic E-state index is 12.5. The van der Waals surface area contributed by atoms with Gasteiger partial charge in [-0.2, -0.15) is 23.4 Å². The SMILES string of the molecule is O=C(NC1(CC(F)(F)F)CC1)c1cnnc2ccccc12. The topological polar surface area (TPSA) is 54.9 Å². The van der Waals surface area contributed by atoms with Crippen LogP contribution in [0.5, 0.6) is 0 Å². The average molecular weight is 295 g/mol. The van der Waals surface area contributed by atoms with Gasteiger partial charge in [0.1, 0.15) is 0 Å². The molecule has 2 aromatic rings. The van der Waals surface area contributed by atoms with E-state index in [1.165, 1.54) is 6.20 Å². The molecule has 110 valence electrons. The second-order valence-corrected chi connectivity index (χ2v) is 5.30. The highest BCUT2D eigenvalue weighted by atomic mass is 19.4. The lowest BCUT2D eigenvalue weighted by atomic mass is 10.1. The zero-order valence-corrected chi connectivity index (χ0v) is 10.9. The molecule has 1 aromatic carbocycles. The van der Waals surface area contributed by atoms with Gasteiger partial charge in [-0.15, -0.1) is 0 Å². The number of amides is 1. The smallest absolute Gasteiger partial charge is 0.346 e. The molecule has 1 aromatic heterocycles. The first kappa shape index (κ1) is 13.8. The maximum absolute atomic E-state index is 12.5. The Hall–Kier alpha value is -2.18. The van der Waals surface area contributed by atoms with Gasteiger partial charge in [0.2, 0.25) is 0 Å². The van der Waals surface area contributed by atoms with Crippen molar-refractivity contribution in [3.8, 4) is 0 Å². The van der Waals surface area contributed by atoms with Gasteiger partial charge in [-0.05, 0) is 18.9 Å². The molecule has 1 saturated carbocycles. The molecule has 1 heterocycles. The summed E-state index contributed by atoms with van der Waals surface area (Å²) < 4.78 is 37.6. The van der Waals surface area contributed by atoms with Crippen LogP contribution in [-0.2, 0) is 0 Å². The molecule has 0 unspecified atom stereocenters. The summed E-state index contributed by atoms with van der Waals surface area (Å²) in [5.74, 6) is -0.539. The van der Waals surface area contributed by atoms with Gasteiger partial charge in [-0.1, -0.05) is 18.2 Å². The molecule has 3 rings (SSSR count). The van der Waals surface area contributed by atoms with Crippen LogP contribution in [0.3, 0.4) is 0 Å². The summed E-state index contributed by atoms with van der Waals surface area (Å²) >= 11 is 0. The van der Waals surface area contributed by atoms with E-state index in [1.54, 1.807) is 24.3 Å². The summed E-state index contributed by atoms with van der Waals surface area (Å²) in [5, 5.41) is 10.7. The van der Waals surface area contributed by atoms with E-state index >= 15 is 0 Å². The van der Waals surface area contributed by atoms with Crippen molar-refractivity contribution >= 4 is 16.8 Å². The van der Waals surface area contributed by atoms with Crippen molar-refractivity contribution in [3.63, 3.8) is 0 Å². The quantitative estimate of drug-likeness (QED) is 0.947. The summed E-state index contributed by atoms with van der Waals surface area (Å²) in [7, 11) is 0. The zero-order valence-electron chi connectivity index (χ0n) is 10.9. The fourth-order valence-electron chi connectivity index (χ4n) is 2.38. The van der Waals surface area contributed by atoms with Crippen LogP contribution in [0.25, 0.3) is 10.9 Å². The number of nitrogens with one attached hydrogen (secondary N) is 1. The Labute approximate surface area is 118 Å². The maximum Gasteiger partial charge on any atom is 0.391 e. The number of halogens is 3. The van der Waals surface area contributed by atoms with Crippen molar-refractivity contribution in [1.82, 2.24) is 15.5 Å². The van der Waals surface area contributed by atoms with Gasteiger partial charge in [-0.3, -0.25) is 4.79 Å². The summed E-state index contributed by atoms with van der Waals surface area (Å²) in [6.07, 6.45) is -3.32. The van der Waals surface area contributed by atoms with Crippen LogP contribution in [0, 0.1) is 0 Å². The second kappa shape index (κ2) is 4.68. The molecule has 7 heteroatoms. The minimum atomic E-state index is -4.29. The predicted octanol–water partition coefficient (Wildman–Crippen LogP) is 2.84. The number of hydrogen-bond donors (Lipinski definition) is 1. The van der Waals surface area contributed by atoms with Crippen LogP contribution in [-0.4, -0.2) is 27.8 Å². The third-order valence-corrected chi connectivity index (χ3v) is 3.56. The lowest BCUT2D eigenvalue weighted by molar-refractivity contribution is -0.141. The Balaban J connectivity index is 1.85.